The van der Waals surface area contributed by atoms with Crippen molar-refractivity contribution in [1.82, 2.24) is 4.57 Å². The molecule has 2 aromatic carbocycles. The Hall–Kier alpha value is -3.42. The van der Waals surface area contributed by atoms with E-state index >= 15 is 0 Å². The number of benzene rings is 2. The van der Waals surface area contributed by atoms with Crippen molar-refractivity contribution in [2.45, 2.75) is 26.3 Å². The van der Waals surface area contributed by atoms with E-state index in [0.29, 0.717) is 5.56 Å². The number of unbranched alkanes of at least 4 members (excludes halogenated alkanes) is 1. The Kier molecular flexibility index (Phi) is 6.22. The predicted octanol–water partition coefficient (Wildman–Crippen LogP) is 7.31. The van der Waals surface area contributed by atoms with E-state index in [9.17, 15) is 5.26 Å². The van der Waals surface area contributed by atoms with Crippen molar-refractivity contribution in [3.05, 3.63) is 88.6 Å². The van der Waals surface area contributed by atoms with Gasteiger partial charge in [0.2, 0.25) is 0 Å². The summed E-state index contributed by atoms with van der Waals surface area (Å²) < 4.78 is 2.23. The molecule has 0 spiro atoms. The number of aliphatic imine (C=N–C) groups is 1. The molecule has 0 bridgehead atoms. The molecule has 30 heavy (non-hydrogen) atoms. The second kappa shape index (κ2) is 9.39. The highest BCUT2D eigenvalue weighted by atomic mass is 32.1. The quantitative estimate of drug-likeness (QED) is 0.295. The summed E-state index contributed by atoms with van der Waals surface area (Å²) in [6.45, 7) is 3.00. The van der Waals surface area contributed by atoms with Gasteiger partial charge in [-0.3, -0.25) is 0 Å². The fraction of sp³-hybridized carbons (Fsp3) is 0.154. The van der Waals surface area contributed by atoms with Gasteiger partial charge in [0.1, 0.15) is 11.6 Å². The maximum Gasteiger partial charge on any atom is 0.151 e. The summed E-state index contributed by atoms with van der Waals surface area (Å²) in [4.78, 5) is 5.90. The lowest BCUT2D eigenvalue weighted by Gasteiger charge is -2.13. The van der Waals surface area contributed by atoms with Gasteiger partial charge in [-0.25, -0.2) is 4.99 Å². The smallest absolute Gasteiger partial charge is 0.151 e. The van der Waals surface area contributed by atoms with Crippen molar-refractivity contribution in [2.75, 3.05) is 0 Å². The fourth-order valence-electron chi connectivity index (χ4n) is 3.65. The van der Waals surface area contributed by atoms with E-state index in [4.69, 9.17) is 4.99 Å². The molecule has 2 aromatic heterocycles. The molecule has 0 fully saturated rings. The predicted molar refractivity (Wildman–Crippen MR) is 126 cm³/mol. The lowest BCUT2D eigenvalue weighted by atomic mass is 9.98. The van der Waals surface area contributed by atoms with Gasteiger partial charge in [0.15, 0.2) is 5.82 Å². The van der Waals surface area contributed by atoms with Gasteiger partial charge in [-0.05, 0) is 29.0 Å². The molecular weight excluding hydrogens is 386 g/mol. The molecule has 4 rings (SSSR count). The zero-order chi connectivity index (χ0) is 20.8. The standard InChI is InChI=1S/C26H23N3S/c1-2-3-16-29-25(21-13-8-5-9-14-21)24(20-11-6-4-7-12-20)23(18-27)26(29)28-19-22-15-10-17-30-22/h4-15,17,19H,2-3,16H2,1H3/b28-19+. The van der Waals surface area contributed by atoms with Gasteiger partial charge in [0.25, 0.3) is 0 Å². The van der Waals surface area contributed by atoms with Gasteiger partial charge in [-0.2, -0.15) is 5.26 Å². The first kappa shape index (κ1) is 19.9. The Labute approximate surface area is 181 Å². The second-order valence-corrected chi connectivity index (χ2v) is 8.02. The molecule has 2 heterocycles. The van der Waals surface area contributed by atoms with Crippen molar-refractivity contribution in [1.29, 1.82) is 5.26 Å². The fourth-order valence-corrected chi connectivity index (χ4v) is 4.24. The van der Waals surface area contributed by atoms with Crippen LogP contribution in [0.2, 0.25) is 0 Å². The van der Waals surface area contributed by atoms with Crippen LogP contribution in [0.25, 0.3) is 22.4 Å². The minimum absolute atomic E-state index is 0.629. The van der Waals surface area contributed by atoms with Crippen molar-refractivity contribution in [2.24, 2.45) is 4.99 Å². The molecule has 0 N–H and O–H groups in total. The van der Waals surface area contributed by atoms with Crippen LogP contribution in [0.3, 0.4) is 0 Å². The van der Waals surface area contributed by atoms with Crippen molar-refractivity contribution in [3.8, 4) is 28.5 Å². The Morgan fingerprint density at radius 1 is 0.967 bits per heavy atom. The zero-order valence-electron chi connectivity index (χ0n) is 17.0. The number of hydrogen-bond donors (Lipinski definition) is 0. The first-order valence-corrected chi connectivity index (χ1v) is 11.1. The normalized spacial score (nSPS) is 11.1. The summed E-state index contributed by atoms with van der Waals surface area (Å²) in [5.74, 6) is 0.733. The SMILES string of the molecule is CCCCn1c(/N=C/c2cccs2)c(C#N)c(-c2ccccc2)c1-c1ccccc1. The number of hydrogen-bond acceptors (Lipinski definition) is 3. The summed E-state index contributed by atoms with van der Waals surface area (Å²) >= 11 is 1.64. The minimum Gasteiger partial charge on any atom is -0.324 e. The maximum atomic E-state index is 10.2. The van der Waals surface area contributed by atoms with Gasteiger partial charge >= 0.3 is 0 Å². The Morgan fingerprint density at radius 3 is 2.27 bits per heavy atom. The minimum atomic E-state index is 0.629. The summed E-state index contributed by atoms with van der Waals surface area (Å²) in [6.07, 6.45) is 3.96. The summed E-state index contributed by atoms with van der Waals surface area (Å²) in [6, 6.07) is 27.0. The Balaban J connectivity index is 2.01. The Bertz CT molecular complexity index is 1160. The largest absolute Gasteiger partial charge is 0.324 e. The maximum absolute atomic E-state index is 10.2. The molecule has 4 heteroatoms. The molecule has 3 nitrogen and oxygen atoms in total. The van der Waals surface area contributed by atoms with Crippen LogP contribution in [0.5, 0.6) is 0 Å². The number of rotatable bonds is 7. The van der Waals surface area contributed by atoms with E-state index < -0.39 is 0 Å². The van der Waals surface area contributed by atoms with Crippen LogP contribution in [0, 0.1) is 11.3 Å². The van der Waals surface area contributed by atoms with Crippen LogP contribution in [0.4, 0.5) is 5.82 Å². The lowest BCUT2D eigenvalue weighted by Crippen LogP contribution is -2.00. The van der Waals surface area contributed by atoms with E-state index in [1.165, 1.54) is 0 Å². The van der Waals surface area contributed by atoms with E-state index in [-0.39, 0.29) is 0 Å². The van der Waals surface area contributed by atoms with Crippen LogP contribution < -0.4 is 0 Å². The van der Waals surface area contributed by atoms with Crippen LogP contribution in [0.1, 0.15) is 30.2 Å². The van der Waals surface area contributed by atoms with Crippen LogP contribution in [-0.4, -0.2) is 10.8 Å². The molecule has 0 aliphatic heterocycles. The van der Waals surface area contributed by atoms with Gasteiger partial charge in [0.05, 0.1) is 5.69 Å². The highest BCUT2D eigenvalue weighted by Gasteiger charge is 2.24. The van der Waals surface area contributed by atoms with Gasteiger partial charge in [-0.1, -0.05) is 80.1 Å². The highest BCUT2D eigenvalue weighted by molar-refractivity contribution is 7.11. The molecule has 0 atom stereocenters. The molecule has 0 amide bonds. The lowest BCUT2D eigenvalue weighted by molar-refractivity contribution is 0.642. The molecule has 4 aromatic rings. The van der Waals surface area contributed by atoms with Crippen molar-refractivity contribution >= 4 is 23.4 Å². The second-order valence-electron chi connectivity index (χ2n) is 7.04. The van der Waals surface area contributed by atoms with E-state index in [0.717, 1.165) is 52.5 Å². The molecule has 0 saturated heterocycles. The molecule has 0 aliphatic carbocycles. The van der Waals surface area contributed by atoms with Gasteiger partial charge in [0, 0.05) is 23.2 Å². The van der Waals surface area contributed by atoms with E-state index in [1.807, 2.05) is 60.1 Å². The van der Waals surface area contributed by atoms with Crippen LogP contribution in [0.15, 0.2) is 83.2 Å². The van der Waals surface area contributed by atoms with Crippen molar-refractivity contribution in [3.63, 3.8) is 0 Å². The zero-order valence-corrected chi connectivity index (χ0v) is 17.8. The molecule has 0 aliphatic rings. The molecular formula is C26H23N3S. The molecule has 0 radical (unpaired) electrons. The molecule has 0 unspecified atom stereocenters. The van der Waals surface area contributed by atoms with E-state index in [1.54, 1.807) is 11.3 Å². The molecule has 0 saturated carbocycles. The molecule has 148 valence electrons. The summed E-state index contributed by atoms with van der Waals surface area (Å²) in [7, 11) is 0. The number of thiophene rings is 1. The third-order valence-electron chi connectivity index (χ3n) is 5.05. The average Bonchev–Trinajstić information content (AvgIpc) is 3.43. The number of nitriles is 1. The first-order chi connectivity index (χ1) is 14.8. The third-order valence-corrected chi connectivity index (χ3v) is 5.86. The van der Waals surface area contributed by atoms with Crippen molar-refractivity contribution < 1.29 is 0 Å². The van der Waals surface area contributed by atoms with Crippen LogP contribution >= 0.6 is 11.3 Å². The first-order valence-electron chi connectivity index (χ1n) is 10.2. The topological polar surface area (TPSA) is 41.1 Å². The van der Waals surface area contributed by atoms with Gasteiger partial charge in [-0.15, -0.1) is 11.3 Å². The Morgan fingerprint density at radius 2 is 1.67 bits per heavy atom. The third kappa shape index (κ3) is 3.98. The monoisotopic (exact) mass is 409 g/mol. The number of aromatic nitrogens is 1. The highest BCUT2D eigenvalue weighted by Crippen LogP contribution is 2.42. The average molecular weight is 410 g/mol. The number of nitrogens with zero attached hydrogens (tertiary/aromatic N) is 3. The van der Waals surface area contributed by atoms with E-state index in [2.05, 4.69) is 41.8 Å². The summed E-state index contributed by atoms with van der Waals surface area (Å²) in [5.41, 5.74) is 4.78. The summed E-state index contributed by atoms with van der Waals surface area (Å²) in [5, 5.41) is 12.2. The van der Waals surface area contributed by atoms with Crippen LogP contribution in [-0.2, 0) is 6.54 Å². The van der Waals surface area contributed by atoms with Gasteiger partial charge < -0.3 is 4.57 Å².